The van der Waals surface area contributed by atoms with E-state index in [1.54, 1.807) is 19.2 Å². The van der Waals surface area contributed by atoms with Gasteiger partial charge in [-0.3, -0.25) is 9.79 Å². The Labute approximate surface area is 194 Å². The highest BCUT2D eigenvalue weighted by Gasteiger charge is 2.05. The van der Waals surface area contributed by atoms with Crippen molar-refractivity contribution in [3.05, 3.63) is 66.4 Å². The molecule has 0 bridgehead atoms. The molecule has 7 heteroatoms. The van der Waals surface area contributed by atoms with E-state index in [1.165, 1.54) is 10.9 Å². The number of anilines is 1. The van der Waals surface area contributed by atoms with Crippen LogP contribution < -0.4 is 16.0 Å². The molecule has 0 spiro atoms. The minimum absolute atomic E-state index is 0. The third-order valence-electron chi connectivity index (χ3n) is 4.50. The number of rotatable bonds is 7. The molecule has 0 saturated carbocycles. The Kier molecular flexibility index (Phi) is 9.22. The molecule has 3 rings (SSSR count). The highest BCUT2D eigenvalue weighted by atomic mass is 127. The van der Waals surface area contributed by atoms with Gasteiger partial charge < -0.3 is 20.5 Å². The van der Waals surface area contributed by atoms with Crippen molar-refractivity contribution in [1.29, 1.82) is 0 Å². The van der Waals surface area contributed by atoms with Gasteiger partial charge in [0.1, 0.15) is 0 Å². The van der Waals surface area contributed by atoms with Crippen molar-refractivity contribution in [3.63, 3.8) is 0 Å². The van der Waals surface area contributed by atoms with Gasteiger partial charge in [0.2, 0.25) is 5.91 Å². The lowest BCUT2D eigenvalue weighted by atomic mass is 10.2. The normalized spacial score (nSPS) is 10.7. The van der Waals surface area contributed by atoms with Crippen LogP contribution in [-0.2, 0) is 11.3 Å². The summed E-state index contributed by atoms with van der Waals surface area (Å²) >= 11 is 0. The van der Waals surface area contributed by atoms with Gasteiger partial charge in [-0.25, -0.2) is 0 Å². The van der Waals surface area contributed by atoms with E-state index in [9.17, 15) is 4.79 Å². The highest BCUT2D eigenvalue weighted by molar-refractivity contribution is 14.0. The lowest BCUT2D eigenvalue weighted by Gasteiger charge is -2.12. The van der Waals surface area contributed by atoms with E-state index in [2.05, 4.69) is 61.9 Å². The van der Waals surface area contributed by atoms with Gasteiger partial charge in [-0.15, -0.1) is 30.4 Å². The van der Waals surface area contributed by atoms with Crippen molar-refractivity contribution >= 4 is 52.4 Å². The zero-order valence-corrected chi connectivity index (χ0v) is 19.2. The van der Waals surface area contributed by atoms with Gasteiger partial charge in [-0.1, -0.05) is 30.2 Å². The number of guanidine groups is 1. The van der Waals surface area contributed by atoms with E-state index in [4.69, 9.17) is 6.42 Å². The Morgan fingerprint density at radius 3 is 2.77 bits per heavy atom. The summed E-state index contributed by atoms with van der Waals surface area (Å²) < 4.78 is 2.24. The molecule has 3 N–H and O–H groups in total. The molecule has 0 saturated heterocycles. The molecule has 0 aliphatic carbocycles. The first kappa shape index (κ1) is 23.3. The molecule has 30 heavy (non-hydrogen) atoms. The Balaban J connectivity index is 0.00000320. The number of aliphatic imine (C=N–C) groups is 1. The Morgan fingerprint density at radius 1 is 1.13 bits per heavy atom. The van der Waals surface area contributed by atoms with Crippen molar-refractivity contribution in [1.82, 2.24) is 15.2 Å². The fourth-order valence-corrected chi connectivity index (χ4v) is 3.07. The molecule has 0 radical (unpaired) electrons. The number of fused-ring (bicyclic) bond motifs is 1. The van der Waals surface area contributed by atoms with Crippen LogP contribution in [0.1, 0.15) is 12.0 Å². The third kappa shape index (κ3) is 6.52. The summed E-state index contributed by atoms with van der Waals surface area (Å²) in [6, 6.07) is 17.7. The molecule has 6 nitrogen and oxygen atoms in total. The molecule has 0 aliphatic heterocycles. The van der Waals surface area contributed by atoms with Crippen molar-refractivity contribution in [2.45, 2.75) is 13.0 Å². The van der Waals surface area contributed by atoms with Crippen LogP contribution in [0.5, 0.6) is 0 Å². The number of halogens is 1. The second-order valence-corrected chi connectivity index (χ2v) is 6.55. The molecule has 156 valence electrons. The second-order valence-electron chi connectivity index (χ2n) is 6.55. The number of terminal acetylenes is 1. The first-order chi connectivity index (χ1) is 14.2. The zero-order valence-electron chi connectivity index (χ0n) is 16.9. The average Bonchev–Trinajstić information content (AvgIpc) is 3.16. The second kappa shape index (κ2) is 11.9. The molecule has 0 fully saturated rings. The van der Waals surface area contributed by atoms with Gasteiger partial charge in [0.25, 0.3) is 0 Å². The molecule has 1 aromatic heterocycles. The average molecular weight is 515 g/mol. The van der Waals surface area contributed by atoms with E-state index >= 15 is 0 Å². The van der Waals surface area contributed by atoms with Crippen LogP contribution in [0.4, 0.5) is 5.69 Å². The van der Waals surface area contributed by atoms with Crippen molar-refractivity contribution in [2.75, 3.05) is 25.5 Å². The molecule has 0 atom stereocenters. The minimum Gasteiger partial charge on any atom is -0.356 e. The third-order valence-corrected chi connectivity index (χ3v) is 4.50. The van der Waals surface area contributed by atoms with Crippen LogP contribution in [0.2, 0.25) is 0 Å². The maximum atomic E-state index is 12.1. The van der Waals surface area contributed by atoms with Gasteiger partial charge in [-0.05, 0) is 42.1 Å². The number of aryl methyl sites for hydroxylation is 1. The number of hydrogen-bond acceptors (Lipinski definition) is 2. The number of nitrogens with zero attached hydrogens (tertiary/aromatic N) is 2. The predicted octanol–water partition coefficient (Wildman–Crippen LogP) is 3.43. The zero-order chi connectivity index (χ0) is 20.5. The van der Waals surface area contributed by atoms with E-state index in [0.29, 0.717) is 11.6 Å². The number of hydrogen-bond donors (Lipinski definition) is 3. The standard InChI is InChI=1S/C23H25N5O.HI/c1-3-18-8-6-10-20(16-18)27-22(29)17-26-23(24-2)25-13-7-14-28-15-12-19-9-4-5-11-21(19)28;/h1,4-6,8-12,15-16H,7,13-14,17H2,2H3,(H,27,29)(H2,24,25,26);1H. The molecule has 1 amide bonds. The molecular formula is C23H26IN5O. The fourth-order valence-electron chi connectivity index (χ4n) is 3.07. The van der Waals surface area contributed by atoms with E-state index in [0.717, 1.165) is 25.1 Å². The largest absolute Gasteiger partial charge is 0.356 e. The maximum absolute atomic E-state index is 12.1. The summed E-state index contributed by atoms with van der Waals surface area (Å²) in [5, 5.41) is 10.3. The number of carbonyl (C=O) groups excluding carboxylic acids is 1. The van der Waals surface area contributed by atoms with Gasteiger partial charge in [-0.2, -0.15) is 0 Å². The van der Waals surface area contributed by atoms with Gasteiger partial charge in [0.15, 0.2) is 5.96 Å². The van der Waals surface area contributed by atoms with Crippen molar-refractivity contribution in [2.24, 2.45) is 4.99 Å². The van der Waals surface area contributed by atoms with E-state index in [1.807, 2.05) is 18.2 Å². The van der Waals surface area contributed by atoms with Crippen LogP contribution >= 0.6 is 24.0 Å². The molecule has 0 aliphatic rings. The van der Waals surface area contributed by atoms with Crippen LogP contribution in [0, 0.1) is 12.3 Å². The Bertz CT molecular complexity index is 1050. The molecular weight excluding hydrogens is 489 g/mol. The lowest BCUT2D eigenvalue weighted by Crippen LogP contribution is -2.41. The summed E-state index contributed by atoms with van der Waals surface area (Å²) in [5.74, 6) is 2.98. The first-order valence-electron chi connectivity index (χ1n) is 9.54. The summed E-state index contributed by atoms with van der Waals surface area (Å²) in [4.78, 5) is 16.3. The topological polar surface area (TPSA) is 70.4 Å². The molecule has 0 unspecified atom stereocenters. The number of benzene rings is 2. The number of amides is 1. The quantitative estimate of drug-likeness (QED) is 0.149. The van der Waals surface area contributed by atoms with E-state index in [-0.39, 0.29) is 36.4 Å². The van der Waals surface area contributed by atoms with Gasteiger partial charge in [0.05, 0.1) is 6.54 Å². The Morgan fingerprint density at radius 2 is 1.97 bits per heavy atom. The SMILES string of the molecule is C#Cc1cccc(NC(=O)CNC(=NC)NCCCn2ccc3ccccc32)c1.I. The van der Waals surface area contributed by atoms with Gasteiger partial charge >= 0.3 is 0 Å². The van der Waals surface area contributed by atoms with Gasteiger partial charge in [0, 0.05) is 43.1 Å². The van der Waals surface area contributed by atoms with Crippen molar-refractivity contribution in [3.8, 4) is 12.3 Å². The highest BCUT2D eigenvalue weighted by Crippen LogP contribution is 2.15. The minimum atomic E-state index is -0.166. The van der Waals surface area contributed by atoms with E-state index < -0.39 is 0 Å². The summed E-state index contributed by atoms with van der Waals surface area (Å²) in [5.41, 5.74) is 2.64. The summed E-state index contributed by atoms with van der Waals surface area (Å²) in [7, 11) is 1.68. The van der Waals surface area contributed by atoms with Crippen LogP contribution in [0.3, 0.4) is 0 Å². The number of nitrogens with one attached hydrogen (secondary N) is 3. The molecule has 2 aromatic carbocycles. The summed E-state index contributed by atoms with van der Waals surface area (Å²) in [6.45, 7) is 1.77. The predicted molar refractivity (Wildman–Crippen MR) is 134 cm³/mol. The van der Waals surface area contributed by atoms with Crippen LogP contribution in [0.25, 0.3) is 10.9 Å². The maximum Gasteiger partial charge on any atom is 0.243 e. The monoisotopic (exact) mass is 515 g/mol. The summed E-state index contributed by atoms with van der Waals surface area (Å²) in [6.07, 6.45) is 8.42. The Hall–Kier alpha value is -2.99. The molecule has 1 heterocycles. The number of carbonyl (C=O) groups is 1. The number of aromatic nitrogens is 1. The van der Waals surface area contributed by atoms with Crippen LogP contribution in [-0.4, -0.2) is 36.6 Å². The van der Waals surface area contributed by atoms with Crippen molar-refractivity contribution < 1.29 is 4.79 Å². The number of para-hydroxylation sites is 1. The van der Waals surface area contributed by atoms with Crippen LogP contribution in [0.15, 0.2) is 65.8 Å². The lowest BCUT2D eigenvalue weighted by molar-refractivity contribution is -0.115. The fraction of sp³-hybridized carbons (Fsp3) is 0.217. The first-order valence-corrected chi connectivity index (χ1v) is 9.54. The molecule has 3 aromatic rings. The smallest absolute Gasteiger partial charge is 0.243 e.